The van der Waals surface area contributed by atoms with Crippen molar-refractivity contribution in [2.45, 2.75) is 26.3 Å². The normalized spacial score (nSPS) is 21.0. The Balaban J connectivity index is 1.25. The monoisotopic (exact) mass is 474 g/mol. The summed E-state index contributed by atoms with van der Waals surface area (Å²) in [5.41, 5.74) is 4.96. The summed E-state index contributed by atoms with van der Waals surface area (Å²) in [4.78, 5) is 25.0. The maximum Gasteiger partial charge on any atom is 0.295 e. The van der Waals surface area contributed by atoms with Gasteiger partial charge in [0.15, 0.2) is 5.58 Å². The largest absolute Gasteiger partial charge is 0.470 e. The van der Waals surface area contributed by atoms with Gasteiger partial charge in [-0.05, 0) is 50.3 Å². The lowest BCUT2D eigenvalue weighted by Gasteiger charge is -2.28. The predicted octanol–water partition coefficient (Wildman–Crippen LogP) is 5.23. The van der Waals surface area contributed by atoms with Gasteiger partial charge in [0, 0.05) is 29.6 Å². The fourth-order valence-electron chi connectivity index (χ4n) is 4.99. The minimum atomic E-state index is 0.0567. The fourth-order valence-corrected chi connectivity index (χ4v) is 5.72. The Morgan fingerprint density at radius 2 is 2.15 bits per heavy atom. The maximum absolute atomic E-state index is 13.9. The Morgan fingerprint density at radius 3 is 3.00 bits per heavy atom. The lowest BCUT2D eigenvalue weighted by molar-refractivity contribution is 0.0715. The van der Waals surface area contributed by atoms with Crippen molar-refractivity contribution in [3.63, 3.8) is 0 Å². The number of nitrogens with one attached hydrogen (secondary N) is 1. The number of oxazole rings is 1. The van der Waals surface area contributed by atoms with Gasteiger partial charge in [0.2, 0.25) is 0 Å². The van der Waals surface area contributed by atoms with E-state index in [-0.39, 0.29) is 11.9 Å². The molecular formula is C26H26N4O3S. The molecule has 1 saturated heterocycles. The molecule has 1 aliphatic carbocycles. The number of piperidine rings is 1. The quantitative estimate of drug-likeness (QED) is 0.395. The lowest BCUT2D eigenvalue weighted by Crippen LogP contribution is -2.42. The van der Waals surface area contributed by atoms with Crippen molar-refractivity contribution in [3.8, 4) is 16.5 Å². The van der Waals surface area contributed by atoms with Crippen LogP contribution in [0.4, 0.5) is 6.01 Å². The summed E-state index contributed by atoms with van der Waals surface area (Å²) in [6.07, 6.45) is 1.17. The number of thiazole rings is 1. The number of amides is 1. The summed E-state index contributed by atoms with van der Waals surface area (Å²) in [5, 5.41) is 5.93. The number of anilines is 1. The predicted molar refractivity (Wildman–Crippen MR) is 132 cm³/mol. The van der Waals surface area contributed by atoms with E-state index in [0.717, 1.165) is 34.5 Å². The number of hydrogen-bond donors (Lipinski definition) is 1. The summed E-state index contributed by atoms with van der Waals surface area (Å²) >= 11 is 1.46. The number of nitrogens with zero attached hydrogens (tertiary/aromatic N) is 3. The third-order valence-electron chi connectivity index (χ3n) is 6.75. The Hall–Kier alpha value is -3.39. The van der Waals surface area contributed by atoms with Crippen LogP contribution in [0.25, 0.3) is 22.4 Å². The zero-order chi connectivity index (χ0) is 23.2. The third-order valence-corrected chi connectivity index (χ3v) is 7.50. The molecule has 7 nitrogen and oxygen atoms in total. The van der Waals surface area contributed by atoms with Gasteiger partial charge in [0.25, 0.3) is 17.1 Å². The zero-order valence-electron chi connectivity index (χ0n) is 19.2. The van der Waals surface area contributed by atoms with Gasteiger partial charge >= 0.3 is 0 Å². The van der Waals surface area contributed by atoms with Crippen molar-refractivity contribution < 1.29 is 13.9 Å². The molecule has 1 N–H and O–H groups in total. The molecule has 0 bridgehead atoms. The second-order valence-corrected chi connectivity index (χ2v) is 9.85. The zero-order valence-corrected chi connectivity index (χ0v) is 20.0. The van der Waals surface area contributed by atoms with E-state index in [1.165, 1.54) is 17.8 Å². The van der Waals surface area contributed by atoms with E-state index in [4.69, 9.17) is 9.15 Å². The van der Waals surface area contributed by atoms with E-state index in [1.54, 1.807) is 0 Å². The van der Waals surface area contributed by atoms with Crippen molar-refractivity contribution in [1.29, 1.82) is 0 Å². The molecule has 1 saturated carbocycles. The van der Waals surface area contributed by atoms with Gasteiger partial charge < -0.3 is 19.4 Å². The minimum absolute atomic E-state index is 0.0567. The molecule has 1 amide bonds. The van der Waals surface area contributed by atoms with Gasteiger partial charge in [0.1, 0.15) is 5.52 Å². The highest BCUT2D eigenvalue weighted by atomic mass is 32.1. The molecule has 0 spiro atoms. The molecule has 2 aliphatic rings. The van der Waals surface area contributed by atoms with Gasteiger partial charge in [-0.2, -0.15) is 4.98 Å². The molecule has 8 heteroatoms. The van der Waals surface area contributed by atoms with Crippen LogP contribution in [-0.2, 0) is 0 Å². The summed E-state index contributed by atoms with van der Waals surface area (Å²) < 4.78 is 11.4. The smallest absolute Gasteiger partial charge is 0.295 e. The number of benzene rings is 2. The van der Waals surface area contributed by atoms with E-state index in [2.05, 4.69) is 15.3 Å². The Labute approximate surface area is 201 Å². The highest BCUT2D eigenvalue weighted by Crippen LogP contribution is 2.50. The second kappa shape index (κ2) is 8.43. The van der Waals surface area contributed by atoms with Crippen LogP contribution in [0.3, 0.4) is 0 Å². The van der Waals surface area contributed by atoms with E-state index in [9.17, 15) is 4.79 Å². The second-order valence-electron chi connectivity index (χ2n) is 9.03. The highest BCUT2D eigenvalue weighted by molar-refractivity contribution is 7.11. The standard InChI is InChI=1S/C26H26N4O3S/c1-3-32-26-29-21(14-34-26)17-9-8-15(2)10-19(17)24(31)30-13-16-11-18(16)22(30)12-27-25-28-20-6-4-5-7-23(20)33-25/h4-10,14,16,18,22H,3,11-13H2,1-2H3,(H,27,28)/t16-,18-,22-/m1/s1. The van der Waals surface area contributed by atoms with Gasteiger partial charge in [0.05, 0.1) is 18.3 Å². The lowest BCUT2D eigenvalue weighted by atomic mass is 10.0. The summed E-state index contributed by atoms with van der Waals surface area (Å²) in [7, 11) is 0. The molecule has 34 heavy (non-hydrogen) atoms. The van der Waals surface area contributed by atoms with Crippen LogP contribution in [0.15, 0.2) is 52.3 Å². The number of aryl methyl sites for hydroxylation is 1. The molecule has 1 aliphatic heterocycles. The van der Waals surface area contributed by atoms with Crippen molar-refractivity contribution in [2.75, 3.05) is 25.0 Å². The van der Waals surface area contributed by atoms with Crippen molar-refractivity contribution in [2.24, 2.45) is 11.8 Å². The molecule has 3 heterocycles. The number of fused-ring (bicyclic) bond motifs is 2. The van der Waals surface area contributed by atoms with E-state index in [0.29, 0.717) is 41.8 Å². The fraction of sp³-hybridized carbons (Fsp3) is 0.346. The summed E-state index contributed by atoms with van der Waals surface area (Å²) in [5.74, 6) is 1.16. The maximum atomic E-state index is 13.9. The SMILES string of the molecule is CCOc1nc(-c2ccc(C)cc2C(=O)N2C[C@H]3C[C@H]3[C@H]2CNc2nc3ccccc3o2)cs1. The van der Waals surface area contributed by atoms with Crippen molar-refractivity contribution in [1.82, 2.24) is 14.9 Å². The van der Waals surface area contributed by atoms with Crippen LogP contribution in [0.1, 0.15) is 29.3 Å². The Kier molecular flexibility index (Phi) is 5.25. The summed E-state index contributed by atoms with van der Waals surface area (Å²) in [6.45, 7) is 5.93. The first kappa shape index (κ1) is 21.2. The van der Waals surface area contributed by atoms with Gasteiger partial charge in [-0.1, -0.05) is 41.2 Å². The van der Waals surface area contributed by atoms with E-state index >= 15 is 0 Å². The Bertz CT molecular complexity index is 1330. The summed E-state index contributed by atoms with van der Waals surface area (Å²) in [6, 6.07) is 14.3. The number of ether oxygens (including phenoxy) is 1. The third kappa shape index (κ3) is 3.81. The van der Waals surface area contributed by atoms with Crippen LogP contribution in [-0.4, -0.2) is 46.5 Å². The highest BCUT2D eigenvalue weighted by Gasteiger charge is 2.54. The van der Waals surface area contributed by atoms with Crippen LogP contribution >= 0.6 is 11.3 Å². The van der Waals surface area contributed by atoms with Crippen LogP contribution in [0, 0.1) is 18.8 Å². The number of rotatable bonds is 7. The molecule has 4 aromatic rings. The Morgan fingerprint density at radius 1 is 1.26 bits per heavy atom. The van der Waals surface area contributed by atoms with Crippen LogP contribution in [0.5, 0.6) is 5.19 Å². The van der Waals surface area contributed by atoms with Crippen molar-refractivity contribution >= 4 is 34.4 Å². The molecule has 174 valence electrons. The molecule has 2 fully saturated rings. The van der Waals surface area contributed by atoms with Gasteiger partial charge in [-0.25, -0.2) is 4.98 Å². The number of carbonyl (C=O) groups excluding carboxylic acids is 1. The first-order valence-corrected chi connectivity index (χ1v) is 12.6. The van der Waals surface area contributed by atoms with Crippen LogP contribution < -0.4 is 10.1 Å². The number of aromatic nitrogens is 2. The molecule has 2 aromatic carbocycles. The first-order valence-electron chi connectivity index (χ1n) is 11.7. The number of carbonyl (C=O) groups is 1. The number of likely N-dealkylation sites (tertiary alicyclic amines) is 1. The molecule has 3 atom stereocenters. The van der Waals surface area contributed by atoms with E-state index < -0.39 is 0 Å². The molecule has 0 unspecified atom stereocenters. The topological polar surface area (TPSA) is 80.5 Å². The van der Waals surface area contributed by atoms with E-state index in [1.807, 2.05) is 66.6 Å². The van der Waals surface area contributed by atoms with Crippen LogP contribution in [0.2, 0.25) is 0 Å². The molecule has 0 radical (unpaired) electrons. The van der Waals surface area contributed by atoms with Gasteiger partial charge in [-0.3, -0.25) is 4.79 Å². The number of para-hydroxylation sites is 2. The number of hydrogen-bond acceptors (Lipinski definition) is 7. The minimum Gasteiger partial charge on any atom is -0.470 e. The average molecular weight is 475 g/mol. The van der Waals surface area contributed by atoms with Gasteiger partial charge in [-0.15, -0.1) is 0 Å². The molecular weight excluding hydrogens is 448 g/mol. The molecule has 2 aromatic heterocycles. The average Bonchev–Trinajstić information content (AvgIpc) is 3.16. The van der Waals surface area contributed by atoms with Crippen molar-refractivity contribution in [3.05, 3.63) is 59.0 Å². The first-order chi connectivity index (χ1) is 16.6. The molecule has 6 rings (SSSR count).